The van der Waals surface area contributed by atoms with Crippen LogP contribution in [0.1, 0.15) is 13.8 Å². The lowest BCUT2D eigenvalue weighted by Crippen LogP contribution is -2.28. The van der Waals surface area contributed by atoms with Crippen molar-refractivity contribution in [1.82, 2.24) is 9.78 Å². The predicted octanol–water partition coefficient (Wildman–Crippen LogP) is 0.427. The van der Waals surface area contributed by atoms with Gasteiger partial charge in [-0.2, -0.15) is 5.10 Å². The summed E-state index contributed by atoms with van der Waals surface area (Å²) < 4.78 is 1.77. The molecule has 0 aliphatic carbocycles. The first-order valence-corrected chi connectivity index (χ1v) is 6.53. The molecule has 1 heterocycles. The van der Waals surface area contributed by atoms with Crippen LogP contribution >= 0.6 is 15.9 Å². The minimum atomic E-state index is -0.866. The summed E-state index contributed by atoms with van der Waals surface area (Å²) in [4.78, 5) is 11.9. The summed E-state index contributed by atoms with van der Waals surface area (Å²) in [6, 6.07) is 0. The first-order chi connectivity index (χ1) is 8.45. The molecular weight excluding hydrogens is 302 g/mol. The molecule has 102 valence electrons. The Bertz CT molecular complexity index is 448. The maximum absolute atomic E-state index is 11.9. The van der Waals surface area contributed by atoms with Gasteiger partial charge in [0.2, 0.25) is 0 Å². The van der Waals surface area contributed by atoms with Gasteiger partial charge in [-0.15, -0.1) is 0 Å². The molecule has 0 spiro atoms. The number of aromatic nitrogens is 2. The molecular formula is C11H18BrN3O3. The molecule has 0 aliphatic rings. The van der Waals surface area contributed by atoms with Gasteiger partial charge in [0.05, 0.1) is 24.6 Å². The Kier molecular flexibility index (Phi) is 5.77. The van der Waals surface area contributed by atoms with Gasteiger partial charge in [0.25, 0.3) is 5.56 Å². The Labute approximate surface area is 114 Å². The molecule has 0 fully saturated rings. The summed E-state index contributed by atoms with van der Waals surface area (Å²) in [7, 11) is 0. The van der Waals surface area contributed by atoms with Crippen LogP contribution in [0.5, 0.6) is 0 Å². The van der Waals surface area contributed by atoms with Crippen molar-refractivity contribution in [2.45, 2.75) is 26.5 Å². The lowest BCUT2D eigenvalue weighted by atomic mass is 10.2. The summed E-state index contributed by atoms with van der Waals surface area (Å²) in [5, 5.41) is 24.8. The maximum atomic E-state index is 11.9. The van der Waals surface area contributed by atoms with Crippen LogP contribution in [0.15, 0.2) is 15.5 Å². The minimum absolute atomic E-state index is 0.157. The highest BCUT2D eigenvalue weighted by Crippen LogP contribution is 2.16. The average Bonchev–Trinajstić information content (AvgIpc) is 2.33. The quantitative estimate of drug-likeness (QED) is 0.707. The van der Waals surface area contributed by atoms with E-state index in [1.807, 2.05) is 13.8 Å². The van der Waals surface area contributed by atoms with E-state index in [4.69, 9.17) is 5.11 Å². The topological polar surface area (TPSA) is 87.4 Å². The second kappa shape index (κ2) is 6.86. The third-order valence-electron chi connectivity index (χ3n) is 2.26. The van der Waals surface area contributed by atoms with Gasteiger partial charge in [0.1, 0.15) is 4.47 Å². The van der Waals surface area contributed by atoms with Crippen molar-refractivity contribution >= 4 is 21.6 Å². The van der Waals surface area contributed by atoms with Gasteiger partial charge in [-0.25, -0.2) is 4.68 Å². The molecule has 6 nitrogen and oxygen atoms in total. The minimum Gasteiger partial charge on any atom is -0.394 e. The van der Waals surface area contributed by atoms with E-state index in [0.29, 0.717) is 22.6 Å². The predicted molar refractivity (Wildman–Crippen MR) is 72.6 cm³/mol. The SMILES string of the molecule is CC(C)Cn1ncc(NCC(O)CO)c(Br)c1=O. The number of halogens is 1. The van der Waals surface area contributed by atoms with Crippen LogP contribution in [-0.2, 0) is 6.54 Å². The Morgan fingerprint density at radius 2 is 2.22 bits per heavy atom. The summed E-state index contributed by atoms with van der Waals surface area (Å²) in [6.07, 6.45) is 0.660. The van der Waals surface area contributed by atoms with E-state index in [1.54, 1.807) is 0 Å². The van der Waals surface area contributed by atoms with Crippen LogP contribution < -0.4 is 10.9 Å². The molecule has 1 aromatic rings. The fraction of sp³-hybridized carbons (Fsp3) is 0.636. The van der Waals surface area contributed by atoms with Crippen molar-refractivity contribution in [2.75, 3.05) is 18.5 Å². The van der Waals surface area contributed by atoms with Crippen LogP contribution in [0.2, 0.25) is 0 Å². The average molecular weight is 320 g/mol. The smallest absolute Gasteiger partial charge is 0.283 e. The van der Waals surface area contributed by atoms with Crippen LogP contribution in [0, 0.1) is 5.92 Å². The van der Waals surface area contributed by atoms with Gasteiger partial charge in [-0.1, -0.05) is 13.8 Å². The number of anilines is 1. The number of hydrogen-bond donors (Lipinski definition) is 3. The first-order valence-electron chi connectivity index (χ1n) is 5.74. The Morgan fingerprint density at radius 3 is 2.78 bits per heavy atom. The number of aliphatic hydroxyl groups excluding tert-OH is 2. The first kappa shape index (κ1) is 15.1. The summed E-state index contributed by atoms with van der Waals surface area (Å²) in [6.45, 7) is 4.39. The molecule has 0 radical (unpaired) electrons. The number of aliphatic hydroxyl groups is 2. The van der Waals surface area contributed by atoms with E-state index in [0.717, 1.165) is 0 Å². The zero-order valence-electron chi connectivity index (χ0n) is 10.4. The maximum Gasteiger partial charge on any atom is 0.283 e. The molecule has 7 heteroatoms. The van der Waals surface area contributed by atoms with Gasteiger partial charge >= 0.3 is 0 Å². The number of nitrogens with zero attached hydrogens (tertiary/aromatic N) is 2. The largest absolute Gasteiger partial charge is 0.394 e. The van der Waals surface area contributed by atoms with Crippen molar-refractivity contribution in [3.05, 3.63) is 21.0 Å². The van der Waals surface area contributed by atoms with Crippen molar-refractivity contribution < 1.29 is 10.2 Å². The molecule has 0 saturated carbocycles. The fourth-order valence-electron chi connectivity index (χ4n) is 1.36. The van der Waals surface area contributed by atoms with Gasteiger partial charge in [-0.05, 0) is 21.8 Å². The Balaban J connectivity index is 2.84. The number of nitrogens with one attached hydrogen (secondary N) is 1. The van der Waals surface area contributed by atoms with E-state index in [-0.39, 0.29) is 18.7 Å². The standard InChI is InChI=1S/C11H18BrN3O3/c1-7(2)5-15-11(18)10(12)9(4-14-15)13-3-8(17)6-16/h4,7-8,13,16-17H,3,5-6H2,1-2H3. The Hall–Kier alpha value is -0.920. The lowest BCUT2D eigenvalue weighted by molar-refractivity contribution is 0.105. The molecule has 1 aromatic heterocycles. The molecule has 0 saturated heterocycles. The monoisotopic (exact) mass is 319 g/mol. The van der Waals surface area contributed by atoms with E-state index in [2.05, 4.69) is 26.3 Å². The molecule has 0 amide bonds. The van der Waals surface area contributed by atoms with E-state index in [1.165, 1.54) is 10.9 Å². The van der Waals surface area contributed by atoms with Crippen molar-refractivity contribution in [2.24, 2.45) is 5.92 Å². The number of rotatable bonds is 6. The van der Waals surface area contributed by atoms with Gasteiger partial charge in [-0.3, -0.25) is 4.79 Å². The lowest BCUT2D eigenvalue weighted by Gasteiger charge is -2.13. The van der Waals surface area contributed by atoms with Gasteiger partial charge in [0, 0.05) is 13.1 Å². The van der Waals surface area contributed by atoms with Gasteiger partial charge in [0.15, 0.2) is 0 Å². The fourth-order valence-corrected chi connectivity index (χ4v) is 1.80. The highest BCUT2D eigenvalue weighted by molar-refractivity contribution is 9.10. The summed E-state index contributed by atoms with van der Waals surface area (Å²) in [5.74, 6) is 0.331. The third-order valence-corrected chi connectivity index (χ3v) is 3.03. The summed E-state index contributed by atoms with van der Waals surface area (Å²) >= 11 is 3.21. The number of hydrogen-bond acceptors (Lipinski definition) is 5. The normalized spacial score (nSPS) is 12.8. The molecule has 0 aliphatic heterocycles. The molecule has 1 rings (SSSR count). The zero-order valence-corrected chi connectivity index (χ0v) is 12.0. The molecule has 3 N–H and O–H groups in total. The van der Waals surface area contributed by atoms with Crippen LogP contribution in [0.3, 0.4) is 0 Å². The van der Waals surface area contributed by atoms with Crippen molar-refractivity contribution in [3.8, 4) is 0 Å². The molecule has 1 unspecified atom stereocenters. The highest BCUT2D eigenvalue weighted by atomic mass is 79.9. The van der Waals surface area contributed by atoms with Crippen LogP contribution in [0.4, 0.5) is 5.69 Å². The molecule has 18 heavy (non-hydrogen) atoms. The van der Waals surface area contributed by atoms with Crippen LogP contribution in [0.25, 0.3) is 0 Å². The van der Waals surface area contributed by atoms with E-state index >= 15 is 0 Å². The molecule has 0 aromatic carbocycles. The third kappa shape index (κ3) is 4.08. The van der Waals surface area contributed by atoms with Crippen molar-refractivity contribution in [3.63, 3.8) is 0 Å². The molecule has 1 atom stereocenters. The van der Waals surface area contributed by atoms with Crippen LogP contribution in [-0.4, -0.2) is 39.2 Å². The highest BCUT2D eigenvalue weighted by Gasteiger charge is 2.10. The van der Waals surface area contributed by atoms with E-state index in [9.17, 15) is 9.90 Å². The second-order valence-corrected chi connectivity index (χ2v) is 5.26. The Morgan fingerprint density at radius 1 is 1.56 bits per heavy atom. The molecule has 0 bridgehead atoms. The zero-order chi connectivity index (χ0) is 13.7. The van der Waals surface area contributed by atoms with Gasteiger partial charge < -0.3 is 15.5 Å². The van der Waals surface area contributed by atoms with E-state index < -0.39 is 6.10 Å². The summed E-state index contributed by atoms with van der Waals surface area (Å²) in [5.41, 5.74) is 0.291. The second-order valence-electron chi connectivity index (χ2n) is 4.47. The van der Waals surface area contributed by atoms with Crippen molar-refractivity contribution in [1.29, 1.82) is 0 Å².